The second-order valence-electron chi connectivity index (χ2n) is 10.0. The van der Waals surface area contributed by atoms with Gasteiger partial charge in [-0.15, -0.1) is 0 Å². The highest BCUT2D eigenvalue weighted by Crippen LogP contribution is 2.37. The van der Waals surface area contributed by atoms with Crippen LogP contribution >= 0.6 is 0 Å². The fourth-order valence-corrected chi connectivity index (χ4v) is 6.06. The van der Waals surface area contributed by atoms with Crippen molar-refractivity contribution in [2.75, 3.05) is 30.2 Å². The molecule has 0 aliphatic carbocycles. The molecule has 224 valence electrons. The molecule has 3 N–H and O–H groups in total. The molecule has 0 saturated carbocycles. The van der Waals surface area contributed by atoms with Gasteiger partial charge in [0, 0.05) is 37.3 Å². The number of amides is 1. The average molecular weight is 603 g/mol. The standard InChI is InChI=1S/C27H31F5N4O4S/c1-3-36-15-18-9-10-41(39,40)35(2)21-12-19(13-22(36)24(18)21)25(38)34-20(11-17-7-5-4-6-8-17)23(37)14-33-16-26(28,29)27(30,31)32/h4-8,12-13,15,20,23,33,37H,3,9-11,14,16H2,1-2H3,(H,34,38)/t20-,23+/m0/s1. The van der Waals surface area contributed by atoms with E-state index in [1.165, 1.54) is 13.1 Å². The summed E-state index contributed by atoms with van der Waals surface area (Å²) in [7, 11) is -2.24. The molecule has 1 amide bonds. The van der Waals surface area contributed by atoms with Gasteiger partial charge in [-0.2, -0.15) is 22.0 Å². The lowest BCUT2D eigenvalue weighted by atomic mass is 10.00. The summed E-state index contributed by atoms with van der Waals surface area (Å²) in [5.41, 5.74) is 2.57. The summed E-state index contributed by atoms with van der Waals surface area (Å²) in [4.78, 5) is 13.5. The zero-order chi connectivity index (χ0) is 30.2. The Morgan fingerprint density at radius 1 is 1.12 bits per heavy atom. The van der Waals surface area contributed by atoms with E-state index in [-0.39, 0.29) is 17.7 Å². The third kappa shape index (κ3) is 6.49. The number of hydrogen-bond donors (Lipinski definition) is 3. The fraction of sp³-hybridized carbons (Fsp3) is 0.444. The number of alkyl halides is 5. The van der Waals surface area contributed by atoms with Gasteiger partial charge >= 0.3 is 12.1 Å². The Kier molecular flexibility index (Phi) is 8.67. The first kappa shape index (κ1) is 30.7. The van der Waals surface area contributed by atoms with Crippen molar-refractivity contribution >= 4 is 32.5 Å². The number of hydrogen-bond acceptors (Lipinski definition) is 5. The van der Waals surface area contributed by atoms with Gasteiger partial charge in [0.1, 0.15) is 0 Å². The van der Waals surface area contributed by atoms with E-state index in [9.17, 15) is 40.3 Å². The SMILES string of the molecule is CCn1cc2c3c(cc(C(=O)N[C@@H](Cc4ccccc4)[C@H](O)CNCC(F)(F)C(F)(F)F)cc31)N(C)S(=O)(=O)CC2. The smallest absolute Gasteiger partial charge is 0.390 e. The maximum Gasteiger partial charge on any atom is 0.454 e. The molecule has 1 aliphatic rings. The third-order valence-corrected chi connectivity index (χ3v) is 8.97. The van der Waals surface area contributed by atoms with E-state index in [1.807, 2.05) is 23.0 Å². The number of benzene rings is 2. The molecule has 0 fully saturated rings. The van der Waals surface area contributed by atoms with Crippen molar-refractivity contribution in [3.63, 3.8) is 0 Å². The Morgan fingerprint density at radius 2 is 1.80 bits per heavy atom. The van der Waals surface area contributed by atoms with Crippen LogP contribution in [0.15, 0.2) is 48.7 Å². The van der Waals surface area contributed by atoms with Crippen molar-refractivity contribution in [2.45, 2.75) is 50.6 Å². The zero-order valence-electron chi connectivity index (χ0n) is 22.4. The number of halogens is 5. The van der Waals surface area contributed by atoms with Crippen molar-refractivity contribution in [3.05, 3.63) is 65.4 Å². The van der Waals surface area contributed by atoms with Crippen LogP contribution in [0.4, 0.5) is 27.6 Å². The summed E-state index contributed by atoms with van der Waals surface area (Å²) in [5, 5.41) is 16.1. The van der Waals surface area contributed by atoms with Crippen molar-refractivity contribution in [1.82, 2.24) is 15.2 Å². The highest BCUT2D eigenvalue weighted by molar-refractivity contribution is 7.92. The number of carbonyl (C=O) groups is 1. The Bertz CT molecular complexity index is 1510. The number of aliphatic hydroxyl groups excluding tert-OH is 1. The van der Waals surface area contributed by atoms with Crippen LogP contribution in [-0.4, -0.2) is 74.1 Å². The van der Waals surface area contributed by atoms with Crippen LogP contribution in [0, 0.1) is 0 Å². The van der Waals surface area contributed by atoms with E-state index in [1.54, 1.807) is 36.4 Å². The molecule has 8 nitrogen and oxygen atoms in total. The van der Waals surface area contributed by atoms with Crippen LogP contribution < -0.4 is 14.9 Å². The molecule has 2 heterocycles. The summed E-state index contributed by atoms with van der Waals surface area (Å²) in [6, 6.07) is 10.6. The van der Waals surface area contributed by atoms with Crippen LogP contribution in [0.2, 0.25) is 0 Å². The predicted octanol–water partition coefficient (Wildman–Crippen LogP) is 3.47. The lowest BCUT2D eigenvalue weighted by Gasteiger charge is -2.26. The minimum Gasteiger partial charge on any atom is -0.390 e. The molecule has 0 radical (unpaired) electrons. The molecule has 14 heteroatoms. The first-order chi connectivity index (χ1) is 19.1. The topological polar surface area (TPSA) is 104 Å². The van der Waals surface area contributed by atoms with E-state index in [0.717, 1.165) is 9.87 Å². The Morgan fingerprint density at radius 3 is 2.44 bits per heavy atom. The molecule has 4 rings (SSSR count). The van der Waals surface area contributed by atoms with Gasteiger partial charge in [0.25, 0.3) is 5.91 Å². The van der Waals surface area contributed by atoms with E-state index < -0.39 is 53.3 Å². The number of carbonyl (C=O) groups excluding carboxylic acids is 1. The first-order valence-electron chi connectivity index (χ1n) is 12.9. The number of rotatable bonds is 10. The van der Waals surface area contributed by atoms with Crippen molar-refractivity contribution in [2.24, 2.45) is 0 Å². The third-order valence-electron chi connectivity index (χ3n) is 7.22. The Hall–Kier alpha value is -3.23. The van der Waals surface area contributed by atoms with Gasteiger partial charge in [-0.1, -0.05) is 30.3 Å². The zero-order valence-corrected chi connectivity index (χ0v) is 23.2. The molecule has 2 aromatic carbocycles. The average Bonchev–Trinajstić information content (AvgIpc) is 3.24. The summed E-state index contributed by atoms with van der Waals surface area (Å²) in [6.07, 6.45) is -5.08. The van der Waals surface area contributed by atoms with Crippen molar-refractivity contribution < 1.29 is 40.3 Å². The lowest BCUT2D eigenvalue weighted by molar-refractivity contribution is -0.279. The minimum absolute atomic E-state index is 0.0456. The molecule has 2 atom stereocenters. The van der Waals surface area contributed by atoms with Crippen LogP contribution in [0.25, 0.3) is 10.9 Å². The van der Waals surface area contributed by atoms with Crippen LogP contribution in [0.1, 0.15) is 28.4 Å². The second kappa shape index (κ2) is 11.6. The number of nitrogens with one attached hydrogen (secondary N) is 2. The van der Waals surface area contributed by atoms with E-state index in [0.29, 0.717) is 35.1 Å². The van der Waals surface area contributed by atoms with Gasteiger partial charge in [-0.05, 0) is 43.0 Å². The van der Waals surface area contributed by atoms with Gasteiger partial charge in [0.2, 0.25) is 10.0 Å². The number of aliphatic hydroxyl groups is 1. The van der Waals surface area contributed by atoms with Gasteiger partial charge in [-0.3, -0.25) is 9.10 Å². The quantitative estimate of drug-likeness (QED) is 0.309. The number of sulfonamides is 1. The molecule has 1 aromatic heterocycles. The van der Waals surface area contributed by atoms with E-state index in [4.69, 9.17) is 0 Å². The predicted molar refractivity (Wildman–Crippen MR) is 145 cm³/mol. The minimum atomic E-state index is -5.75. The van der Waals surface area contributed by atoms with Crippen LogP contribution in [-0.2, 0) is 29.4 Å². The van der Waals surface area contributed by atoms with Gasteiger partial charge in [0.05, 0.1) is 35.6 Å². The molecule has 0 saturated heterocycles. The molecule has 1 aliphatic heterocycles. The number of aryl methyl sites for hydroxylation is 2. The highest BCUT2D eigenvalue weighted by atomic mass is 32.2. The number of anilines is 1. The molecular formula is C27H31F5N4O4S. The molecule has 0 spiro atoms. The first-order valence-corrected chi connectivity index (χ1v) is 14.6. The highest BCUT2D eigenvalue weighted by Gasteiger charge is 2.57. The molecular weight excluding hydrogens is 571 g/mol. The summed E-state index contributed by atoms with van der Waals surface area (Å²) >= 11 is 0. The van der Waals surface area contributed by atoms with Gasteiger partial charge in [0.15, 0.2) is 0 Å². The Labute approximate surface area is 234 Å². The molecule has 41 heavy (non-hydrogen) atoms. The van der Waals surface area contributed by atoms with E-state index >= 15 is 0 Å². The van der Waals surface area contributed by atoms with Crippen molar-refractivity contribution in [1.29, 1.82) is 0 Å². The molecule has 3 aromatic rings. The number of nitrogens with zero attached hydrogens (tertiary/aromatic N) is 2. The van der Waals surface area contributed by atoms with Crippen LogP contribution in [0.5, 0.6) is 0 Å². The summed E-state index contributed by atoms with van der Waals surface area (Å²) in [5.74, 6) is -5.78. The second-order valence-corrected chi connectivity index (χ2v) is 12.2. The monoisotopic (exact) mass is 602 g/mol. The lowest BCUT2D eigenvalue weighted by Crippen LogP contribution is -2.51. The van der Waals surface area contributed by atoms with Crippen molar-refractivity contribution in [3.8, 4) is 0 Å². The summed E-state index contributed by atoms with van der Waals surface area (Å²) < 4.78 is 93.0. The molecule has 0 unspecified atom stereocenters. The summed E-state index contributed by atoms with van der Waals surface area (Å²) in [6.45, 7) is 0.0674. The van der Waals surface area contributed by atoms with Gasteiger partial charge < -0.3 is 20.3 Å². The Balaban J connectivity index is 1.63. The normalized spacial score (nSPS) is 16.8. The van der Waals surface area contributed by atoms with Crippen LogP contribution in [0.3, 0.4) is 0 Å². The fourth-order valence-electron chi connectivity index (χ4n) is 4.87. The maximum absolute atomic E-state index is 13.5. The van der Waals surface area contributed by atoms with Gasteiger partial charge in [-0.25, -0.2) is 8.42 Å². The maximum atomic E-state index is 13.5. The largest absolute Gasteiger partial charge is 0.454 e. The number of aromatic nitrogens is 1. The van der Waals surface area contributed by atoms with E-state index in [2.05, 4.69) is 5.32 Å². The molecule has 0 bridgehead atoms.